The average molecular weight is 405 g/mol. The number of anilines is 1. The van der Waals surface area contributed by atoms with Gasteiger partial charge in [-0.3, -0.25) is 4.79 Å². The molecule has 144 valence electrons. The van der Waals surface area contributed by atoms with Crippen molar-refractivity contribution in [1.82, 2.24) is 5.32 Å². The van der Waals surface area contributed by atoms with Gasteiger partial charge < -0.3 is 10.2 Å². The lowest BCUT2D eigenvalue weighted by Gasteiger charge is -2.29. The molecule has 0 bridgehead atoms. The van der Waals surface area contributed by atoms with Crippen molar-refractivity contribution in [2.24, 2.45) is 0 Å². The molecule has 1 atom stereocenters. The Hall–Kier alpha value is -1.71. The number of piperidine rings is 1. The number of benzene rings is 2. The monoisotopic (exact) mass is 404 g/mol. The van der Waals surface area contributed by atoms with Gasteiger partial charge in [0.15, 0.2) is 0 Å². The second-order valence-electron chi connectivity index (χ2n) is 7.13. The van der Waals surface area contributed by atoms with E-state index < -0.39 is 0 Å². The number of carbonyl (C=O) groups excluding carboxylic acids is 1. The summed E-state index contributed by atoms with van der Waals surface area (Å²) in [5.41, 5.74) is 3.21. The molecule has 2 aromatic rings. The number of halogens is 2. The molecule has 27 heavy (non-hydrogen) atoms. The lowest BCUT2D eigenvalue weighted by Crippen LogP contribution is -2.29. The third kappa shape index (κ3) is 5.40. The highest BCUT2D eigenvalue weighted by Gasteiger charge is 2.14. The quantitative estimate of drug-likeness (QED) is 0.659. The number of amides is 1. The van der Waals surface area contributed by atoms with Crippen LogP contribution in [0.3, 0.4) is 0 Å². The number of carbonyl (C=O) groups is 1. The van der Waals surface area contributed by atoms with E-state index in [0.29, 0.717) is 22.9 Å². The van der Waals surface area contributed by atoms with Gasteiger partial charge in [-0.2, -0.15) is 0 Å². The molecular formula is C22H26Cl2N2O. The molecule has 0 radical (unpaired) electrons. The van der Waals surface area contributed by atoms with E-state index >= 15 is 0 Å². The molecule has 1 aliphatic heterocycles. The molecule has 0 spiro atoms. The van der Waals surface area contributed by atoms with Gasteiger partial charge in [-0.15, -0.1) is 0 Å². The van der Waals surface area contributed by atoms with Crippen molar-refractivity contribution in [3.05, 3.63) is 63.6 Å². The molecule has 3 rings (SSSR count). The topological polar surface area (TPSA) is 32.3 Å². The van der Waals surface area contributed by atoms with E-state index in [1.54, 1.807) is 12.1 Å². The Labute approximate surface area is 171 Å². The van der Waals surface area contributed by atoms with E-state index in [0.717, 1.165) is 24.2 Å². The minimum atomic E-state index is -0.0328. The minimum Gasteiger partial charge on any atom is -0.372 e. The molecule has 0 aromatic heterocycles. The highest BCUT2D eigenvalue weighted by Crippen LogP contribution is 2.26. The fraction of sp³-hybridized carbons (Fsp3) is 0.409. The summed E-state index contributed by atoms with van der Waals surface area (Å²) in [4.78, 5) is 14.8. The highest BCUT2D eigenvalue weighted by atomic mass is 35.5. The normalized spacial score (nSPS) is 15.4. The van der Waals surface area contributed by atoms with Crippen molar-refractivity contribution in [1.29, 1.82) is 0 Å². The summed E-state index contributed by atoms with van der Waals surface area (Å²) in [7, 11) is 0. The van der Waals surface area contributed by atoms with Crippen LogP contribution in [0.2, 0.25) is 10.0 Å². The van der Waals surface area contributed by atoms with E-state index in [2.05, 4.69) is 34.5 Å². The molecule has 5 heteroatoms. The molecule has 1 heterocycles. The van der Waals surface area contributed by atoms with Gasteiger partial charge in [-0.25, -0.2) is 0 Å². The van der Waals surface area contributed by atoms with Crippen molar-refractivity contribution in [3.63, 3.8) is 0 Å². The molecule has 1 amide bonds. The average Bonchev–Trinajstić information content (AvgIpc) is 2.68. The summed E-state index contributed by atoms with van der Waals surface area (Å²) in [6.07, 6.45) is 4.76. The zero-order valence-electron chi connectivity index (χ0n) is 15.7. The maximum Gasteiger partial charge on any atom is 0.220 e. The first kappa shape index (κ1) is 20.0. The lowest BCUT2D eigenvalue weighted by atomic mass is 10.1. The van der Waals surface area contributed by atoms with Crippen LogP contribution in [-0.4, -0.2) is 19.0 Å². The molecule has 2 aromatic carbocycles. The van der Waals surface area contributed by atoms with Gasteiger partial charge in [0.05, 0.1) is 6.04 Å². The second-order valence-corrected chi connectivity index (χ2v) is 7.94. The number of nitrogens with zero attached hydrogens (tertiary/aromatic N) is 1. The number of nitrogens with one attached hydrogen (secondary N) is 1. The van der Waals surface area contributed by atoms with E-state index in [4.69, 9.17) is 23.2 Å². The highest BCUT2D eigenvalue weighted by molar-refractivity contribution is 6.36. The van der Waals surface area contributed by atoms with E-state index in [1.165, 1.54) is 24.9 Å². The van der Waals surface area contributed by atoms with E-state index in [9.17, 15) is 4.79 Å². The smallest absolute Gasteiger partial charge is 0.220 e. The van der Waals surface area contributed by atoms with Gasteiger partial charge in [0.1, 0.15) is 0 Å². The third-order valence-electron chi connectivity index (χ3n) is 5.16. The zero-order valence-corrected chi connectivity index (χ0v) is 17.2. The summed E-state index contributed by atoms with van der Waals surface area (Å²) >= 11 is 12.3. The summed E-state index contributed by atoms with van der Waals surface area (Å²) in [5.74, 6) is -0.00130. The maximum atomic E-state index is 12.3. The van der Waals surface area contributed by atoms with E-state index in [-0.39, 0.29) is 11.9 Å². The van der Waals surface area contributed by atoms with Crippen LogP contribution in [0.15, 0.2) is 42.5 Å². The molecule has 1 saturated heterocycles. The molecule has 1 fully saturated rings. The van der Waals surface area contributed by atoms with E-state index in [1.807, 2.05) is 13.0 Å². The zero-order chi connectivity index (χ0) is 19.2. The first-order chi connectivity index (χ1) is 13.0. The van der Waals surface area contributed by atoms with Crippen LogP contribution < -0.4 is 10.2 Å². The van der Waals surface area contributed by atoms with Crippen LogP contribution in [0.5, 0.6) is 0 Å². The van der Waals surface area contributed by atoms with Crippen LogP contribution in [0.1, 0.15) is 49.8 Å². The Morgan fingerprint density at radius 1 is 1.04 bits per heavy atom. The fourth-order valence-corrected chi connectivity index (χ4v) is 4.12. The molecule has 3 nitrogen and oxygen atoms in total. The third-order valence-corrected chi connectivity index (χ3v) is 5.86. The molecule has 1 N–H and O–H groups in total. The summed E-state index contributed by atoms with van der Waals surface area (Å²) in [6, 6.07) is 13.9. The van der Waals surface area contributed by atoms with Crippen LogP contribution in [0, 0.1) is 0 Å². The fourth-order valence-electron chi connectivity index (χ4n) is 3.53. The van der Waals surface area contributed by atoms with Gasteiger partial charge in [-0.1, -0.05) is 41.4 Å². The van der Waals surface area contributed by atoms with Crippen LogP contribution in [-0.2, 0) is 11.2 Å². The Balaban J connectivity index is 1.53. The predicted octanol–water partition coefficient (Wildman–Crippen LogP) is 5.79. The van der Waals surface area contributed by atoms with Crippen molar-refractivity contribution < 1.29 is 4.79 Å². The van der Waals surface area contributed by atoms with Crippen LogP contribution >= 0.6 is 23.2 Å². The standard InChI is InChI=1S/C22H26Cl2N2O/c1-16(17-8-10-18(11-9-17)26-14-3-2-4-15-26)25-22(27)13-12-19-20(23)6-5-7-21(19)24/h5-11,16H,2-4,12-15H2,1H3,(H,25,27). The Bertz CT molecular complexity index is 750. The molecule has 0 saturated carbocycles. The molecule has 1 unspecified atom stereocenters. The number of rotatable bonds is 6. The van der Waals surface area contributed by atoms with Crippen molar-refractivity contribution >= 4 is 34.8 Å². The number of hydrogen-bond donors (Lipinski definition) is 1. The number of hydrogen-bond acceptors (Lipinski definition) is 2. The summed E-state index contributed by atoms with van der Waals surface area (Å²) < 4.78 is 0. The van der Waals surface area contributed by atoms with Gasteiger partial charge in [0.2, 0.25) is 5.91 Å². The van der Waals surface area contributed by atoms with Gasteiger partial charge in [0, 0.05) is 35.2 Å². The summed E-state index contributed by atoms with van der Waals surface area (Å²) in [6.45, 7) is 4.28. The van der Waals surface area contributed by atoms with Crippen molar-refractivity contribution in [3.8, 4) is 0 Å². The molecule has 1 aliphatic rings. The molecular weight excluding hydrogens is 379 g/mol. The van der Waals surface area contributed by atoms with Crippen molar-refractivity contribution in [2.45, 2.75) is 45.1 Å². The van der Waals surface area contributed by atoms with Gasteiger partial charge in [0.25, 0.3) is 0 Å². The maximum absolute atomic E-state index is 12.3. The Morgan fingerprint density at radius 2 is 1.67 bits per heavy atom. The lowest BCUT2D eigenvalue weighted by molar-refractivity contribution is -0.121. The minimum absolute atomic E-state index is 0.00130. The SMILES string of the molecule is CC(NC(=O)CCc1c(Cl)cccc1Cl)c1ccc(N2CCCCC2)cc1. The van der Waals surface area contributed by atoms with Crippen LogP contribution in [0.4, 0.5) is 5.69 Å². The predicted molar refractivity (Wildman–Crippen MR) is 114 cm³/mol. The van der Waals surface area contributed by atoms with Crippen molar-refractivity contribution in [2.75, 3.05) is 18.0 Å². The van der Waals surface area contributed by atoms with Gasteiger partial charge in [-0.05, 0) is 68.0 Å². The Morgan fingerprint density at radius 3 is 2.30 bits per heavy atom. The first-order valence-corrected chi connectivity index (χ1v) is 10.4. The van der Waals surface area contributed by atoms with Crippen LogP contribution in [0.25, 0.3) is 0 Å². The van der Waals surface area contributed by atoms with Gasteiger partial charge >= 0.3 is 0 Å². The largest absolute Gasteiger partial charge is 0.372 e. The second kappa shape index (κ2) is 9.48. The molecule has 0 aliphatic carbocycles. The summed E-state index contributed by atoms with van der Waals surface area (Å²) in [5, 5.41) is 4.28. The first-order valence-electron chi connectivity index (χ1n) is 9.62. The Kier molecular flexibility index (Phi) is 7.03.